The number of hydrogen-bond acceptors (Lipinski definition) is 4. The summed E-state index contributed by atoms with van der Waals surface area (Å²) in [5.74, 6) is -0.691. The number of carbonyl (C=O) groups is 2. The van der Waals surface area contributed by atoms with Gasteiger partial charge in [0.25, 0.3) is 0 Å². The van der Waals surface area contributed by atoms with Gasteiger partial charge >= 0.3 is 18.2 Å². The van der Waals surface area contributed by atoms with Crippen molar-refractivity contribution in [1.82, 2.24) is 4.90 Å². The Hall–Kier alpha value is -3.07. The van der Waals surface area contributed by atoms with Crippen LogP contribution < -0.4 is 4.90 Å². The molecule has 0 atom stereocenters. The van der Waals surface area contributed by atoms with Crippen LogP contribution in [0.3, 0.4) is 0 Å². The number of aryl methyl sites for hydroxylation is 1. The van der Waals surface area contributed by atoms with Crippen LogP contribution in [0.2, 0.25) is 0 Å². The number of carboxylic acid groups (broad SMARTS) is 1. The molecular formula is C26H27F3N2O4. The molecule has 9 heteroatoms. The molecule has 186 valence electrons. The number of carbonyl (C=O) groups excluding carboxylic acids is 1. The number of hydrogen-bond donors (Lipinski definition) is 1. The van der Waals surface area contributed by atoms with Crippen molar-refractivity contribution in [1.29, 1.82) is 0 Å². The molecule has 3 fully saturated rings. The van der Waals surface area contributed by atoms with Gasteiger partial charge in [0, 0.05) is 38.2 Å². The Morgan fingerprint density at radius 3 is 2.37 bits per heavy atom. The first-order valence-corrected chi connectivity index (χ1v) is 11.8. The van der Waals surface area contributed by atoms with Crippen LogP contribution in [0.15, 0.2) is 36.4 Å². The topological polar surface area (TPSA) is 70.1 Å². The van der Waals surface area contributed by atoms with E-state index in [9.17, 15) is 22.8 Å². The van der Waals surface area contributed by atoms with Gasteiger partial charge in [-0.25, -0.2) is 9.59 Å². The maximum absolute atomic E-state index is 13.5. The van der Waals surface area contributed by atoms with Gasteiger partial charge in [-0.1, -0.05) is 6.07 Å². The molecule has 2 aliphatic heterocycles. The van der Waals surface area contributed by atoms with E-state index in [1.807, 2.05) is 0 Å². The van der Waals surface area contributed by atoms with E-state index in [2.05, 4.69) is 4.90 Å². The van der Waals surface area contributed by atoms with Crippen LogP contribution in [0.4, 0.5) is 23.7 Å². The summed E-state index contributed by atoms with van der Waals surface area (Å²) in [4.78, 5) is 27.3. The van der Waals surface area contributed by atoms with Crippen molar-refractivity contribution >= 4 is 17.7 Å². The molecule has 1 aliphatic carbocycles. The molecule has 6 nitrogen and oxygen atoms in total. The number of ether oxygens (including phenoxy) is 1. The maximum atomic E-state index is 13.5. The van der Waals surface area contributed by atoms with E-state index in [0.717, 1.165) is 24.0 Å². The Morgan fingerprint density at radius 2 is 1.80 bits per heavy atom. The number of anilines is 1. The molecule has 1 amide bonds. The highest BCUT2D eigenvalue weighted by Crippen LogP contribution is 2.45. The summed E-state index contributed by atoms with van der Waals surface area (Å²) in [6, 6.07) is 9.13. The third kappa shape index (κ3) is 4.74. The van der Waals surface area contributed by atoms with Gasteiger partial charge in [-0.3, -0.25) is 9.80 Å². The molecule has 0 unspecified atom stereocenters. The van der Waals surface area contributed by atoms with Gasteiger partial charge in [-0.2, -0.15) is 13.2 Å². The molecule has 2 heterocycles. The van der Waals surface area contributed by atoms with Gasteiger partial charge in [0.05, 0.1) is 17.7 Å². The number of piperidine rings is 1. The molecule has 1 N–H and O–H groups in total. The molecule has 5 rings (SSSR count). The predicted molar refractivity (Wildman–Crippen MR) is 123 cm³/mol. The Bertz CT molecular complexity index is 1150. The minimum Gasteiger partial charge on any atom is -0.478 e. The minimum absolute atomic E-state index is 0.139. The summed E-state index contributed by atoms with van der Waals surface area (Å²) in [5.41, 5.74) is 1.54. The number of likely N-dealkylation sites (tertiary alicyclic amines) is 1. The number of alkyl halides is 3. The minimum atomic E-state index is -4.38. The Labute approximate surface area is 201 Å². The summed E-state index contributed by atoms with van der Waals surface area (Å²) in [5, 5.41) is 9.08. The number of nitrogens with zero attached hydrogens (tertiary/aromatic N) is 2. The normalized spacial score (nSPS) is 20.3. The third-order valence-electron chi connectivity index (χ3n) is 7.37. The first kappa shape index (κ1) is 23.7. The molecule has 1 saturated carbocycles. The van der Waals surface area contributed by atoms with Crippen LogP contribution in [0.25, 0.3) is 0 Å². The van der Waals surface area contributed by atoms with Crippen LogP contribution in [-0.2, 0) is 17.5 Å². The fraction of sp³-hybridized carbons (Fsp3) is 0.462. The van der Waals surface area contributed by atoms with Gasteiger partial charge in [-0.05, 0) is 72.7 Å². The molecule has 1 spiro atoms. The van der Waals surface area contributed by atoms with Crippen molar-refractivity contribution < 1.29 is 32.6 Å². The molecular weight excluding hydrogens is 461 g/mol. The van der Waals surface area contributed by atoms with E-state index in [1.165, 1.54) is 30.0 Å². The largest absolute Gasteiger partial charge is 0.478 e. The van der Waals surface area contributed by atoms with E-state index >= 15 is 0 Å². The highest BCUT2D eigenvalue weighted by Gasteiger charge is 2.47. The fourth-order valence-corrected chi connectivity index (χ4v) is 5.22. The highest BCUT2D eigenvalue weighted by atomic mass is 19.4. The zero-order chi connectivity index (χ0) is 25.0. The molecule has 2 saturated heterocycles. The first-order valence-electron chi connectivity index (χ1n) is 11.8. The lowest BCUT2D eigenvalue weighted by Gasteiger charge is -2.37. The second-order valence-corrected chi connectivity index (χ2v) is 9.90. The lowest BCUT2D eigenvalue weighted by molar-refractivity contribution is -0.138. The highest BCUT2D eigenvalue weighted by molar-refractivity contribution is 5.92. The van der Waals surface area contributed by atoms with Crippen molar-refractivity contribution in [3.05, 3.63) is 64.2 Å². The number of aromatic carboxylic acids is 1. The third-order valence-corrected chi connectivity index (χ3v) is 7.37. The number of halogens is 3. The van der Waals surface area contributed by atoms with E-state index < -0.39 is 29.4 Å². The van der Waals surface area contributed by atoms with Gasteiger partial charge in [0.1, 0.15) is 5.60 Å². The van der Waals surface area contributed by atoms with E-state index in [0.29, 0.717) is 50.6 Å². The maximum Gasteiger partial charge on any atom is 0.416 e. The zero-order valence-corrected chi connectivity index (χ0v) is 19.4. The average Bonchev–Trinajstić information content (AvgIpc) is 3.60. The summed E-state index contributed by atoms with van der Waals surface area (Å²) in [7, 11) is 0. The fourth-order valence-electron chi connectivity index (χ4n) is 5.22. The molecule has 0 radical (unpaired) electrons. The van der Waals surface area contributed by atoms with Crippen molar-refractivity contribution in [2.75, 3.05) is 24.5 Å². The molecule has 0 bridgehead atoms. The monoisotopic (exact) mass is 488 g/mol. The second-order valence-electron chi connectivity index (χ2n) is 9.90. The van der Waals surface area contributed by atoms with Crippen molar-refractivity contribution in [3.8, 4) is 0 Å². The second kappa shape index (κ2) is 8.55. The smallest absolute Gasteiger partial charge is 0.416 e. The summed E-state index contributed by atoms with van der Waals surface area (Å²) in [6.07, 6.45) is -1.65. The van der Waals surface area contributed by atoms with Crippen LogP contribution in [0.1, 0.15) is 64.2 Å². The van der Waals surface area contributed by atoms with E-state index in [-0.39, 0.29) is 11.1 Å². The molecule has 2 aromatic rings. The van der Waals surface area contributed by atoms with E-state index in [1.54, 1.807) is 18.2 Å². The number of benzene rings is 2. The van der Waals surface area contributed by atoms with Crippen LogP contribution in [0.5, 0.6) is 0 Å². The Morgan fingerprint density at radius 1 is 1.14 bits per heavy atom. The molecule has 3 aliphatic rings. The molecule has 2 aromatic carbocycles. The lowest BCUT2D eigenvalue weighted by atomic mass is 9.90. The number of amides is 1. The number of rotatable bonds is 5. The Balaban J connectivity index is 1.27. The standard InChI is InChI=1S/C26H27F3N2O4/c1-16-12-21(17-2-3-17)19(13-22(16)26(27,28)29)14-30-10-8-25(9-11-30)15-31(24(34)35-25)20-6-4-18(5-7-20)23(32)33/h4-7,12-13,17H,2-3,8-11,14-15H2,1H3,(H,32,33). The molecule has 35 heavy (non-hydrogen) atoms. The van der Waals surface area contributed by atoms with Crippen LogP contribution >= 0.6 is 0 Å². The van der Waals surface area contributed by atoms with Crippen molar-refractivity contribution in [2.45, 2.75) is 56.8 Å². The zero-order valence-electron chi connectivity index (χ0n) is 19.4. The lowest BCUT2D eigenvalue weighted by Crippen LogP contribution is -2.46. The van der Waals surface area contributed by atoms with Gasteiger partial charge < -0.3 is 9.84 Å². The van der Waals surface area contributed by atoms with Gasteiger partial charge in [-0.15, -0.1) is 0 Å². The summed E-state index contributed by atoms with van der Waals surface area (Å²) < 4.78 is 46.4. The van der Waals surface area contributed by atoms with Gasteiger partial charge in [0.15, 0.2) is 0 Å². The van der Waals surface area contributed by atoms with Crippen LogP contribution in [-0.4, -0.2) is 47.3 Å². The van der Waals surface area contributed by atoms with Crippen LogP contribution in [0, 0.1) is 6.92 Å². The molecule has 0 aromatic heterocycles. The van der Waals surface area contributed by atoms with Crippen molar-refractivity contribution in [3.63, 3.8) is 0 Å². The summed E-state index contributed by atoms with van der Waals surface area (Å²) in [6.45, 7) is 3.55. The van der Waals surface area contributed by atoms with Crippen molar-refractivity contribution in [2.24, 2.45) is 0 Å². The SMILES string of the molecule is Cc1cc(C2CC2)c(CN2CCC3(CC2)CN(c2ccc(C(=O)O)cc2)C(=O)O3)cc1C(F)(F)F. The average molecular weight is 489 g/mol. The van der Waals surface area contributed by atoms with Gasteiger partial charge in [0.2, 0.25) is 0 Å². The summed E-state index contributed by atoms with van der Waals surface area (Å²) >= 11 is 0. The Kier molecular flexibility index (Phi) is 5.78. The first-order chi connectivity index (χ1) is 16.5. The number of carboxylic acids is 1. The quantitative estimate of drug-likeness (QED) is 0.595. The predicted octanol–water partition coefficient (Wildman–Crippen LogP) is 5.58. The van der Waals surface area contributed by atoms with E-state index in [4.69, 9.17) is 9.84 Å².